The summed E-state index contributed by atoms with van der Waals surface area (Å²) in [4.78, 5) is 0. The second-order valence-corrected chi connectivity index (χ2v) is 10.1. The highest BCUT2D eigenvalue weighted by Gasteiger charge is 2.64. The molecule has 22 heavy (non-hydrogen) atoms. The van der Waals surface area contributed by atoms with Gasteiger partial charge >= 0.3 is 0 Å². The van der Waals surface area contributed by atoms with Gasteiger partial charge in [-0.2, -0.15) is 0 Å². The zero-order valence-corrected chi connectivity index (χ0v) is 13.5. The van der Waals surface area contributed by atoms with Crippen molar-refractivity contribution in [1.29, 1.82) is 0 Å². The summed E-state index contributed by atoms with van der Waals surface area (Å²) in [7, 11) is 0. The average Bonchev–Trinajstić information content (AvgIpc) is 3.34. The summed E-state index contributed by atoms with van der Waals surface area (Å²) in [6, 6.07) is 0. The van der Waals surface area contributed by atoms with Crippen molar-refractivity contribution in [3.63, 3.8) is 0 Å². The van der Waals surface area contributed by atoms with E-state index in [0.717, 1.165) is 71.0 Å². The Balaban J connectivity index is 1.40. The fraction of sp³-hybridized carbons (Fsp3) is 0.818. The lowest BCUT2D eigenvalue weighted by Gasteiger charge is -2.42. The first kappa shape index (κ1) is 11.9. The molecular weight excluding hydrogens is 264 g/mol. The second kappa shape index (κ2) is 3.76. The molecule has 6 bridgehead atoms. The molecule has 0 spiro atoms. The molecule has 0 aromatic heterocycles. The molecule has 12 atom stereocenters. The predicted molar refractivity (Wildman–Crippen MR) is 87.9 cm³/mol. The van der Waals surface area contributed by atoms with Crippen molar-refractivity contribution in [1.82, 2.24) is 0 Å². The third-order valence-corrected chi connectivity index (χ3v) is 9.86. The third-order valence-electron chi connectivity index (χ3n) is 9.86. The number of allylic oxidation sites excluding steroid dienone is 4. The topological polar surface area (TPSA) is 0 Å². The molecular formula is C22H28. The van der Waals surface area contributed by atoms with Gasteiger partial charge in [-0.3, -0.25) is 0 Å². The fourth-order valence-electron chi connectivity index (χ4n) is 9.57. The van der Waals surface area contributed by atoms with Gasteiger partial charge < -0.3 is 0 Å². The molecule has 5 fully saturated rings. The first-order valence-corrected chi connectivity index (χ1v) is 10.2. The molecule has 7 rings (SSSR count). The van der Waals surface area contributed by atoms with E-state index in [-0.39, 0.29) is 0 Å². The molecule has 12 unspecified atom stereocenters. The van der Waals surface area contributed by atoms with Crippen LogP contribution < -0.4 is 0 Å². The van der Waals surface area contributed by atoms with Gasteiger partial charge in [-0.15, -0.1) is 0 Å². The Kier molecular flexibility index (Phi) is 2.04. The van der Waals surface area contributed by atoms with E-state index < -0.39 is 0 Å². The van der Waals surface area contributed by atoms with Crippen LogP contribution in [0.2, 0.25) is 0 Å². The number of rotatable bonds is 0. The van der Waals surface area contributed by atoms with Crippen molar-refractivity contribution in [2.24, 2.45) is 71.0 Å². The lowest BCUT2D eigenvalue weighted by atomic mass is 9.62. The normalized spacial score (nSPS) is 68.4. The van der Waals surface area contributed by atoms with Crippen LogP contribution in [-0.2, 0) is 0 Å². The van der Waals surface area contributed by atoms with Gasteiger partial charge in [0.15, 0.2) is 0 Å². The Morgan fingerprint density at radius 1 is 0.455 bits per heavy atom. The molecule has 7 aliphatic rings. The Morgan fingerprint density at radius 2 is 0.955 bits per heavy atom. The van der Waals surface area contributed by atoms with Crippen molar-refractivity contribution in [3.05, 3.63) is 24.3 Å². The molecule has 0 heterocycles. The Hall–Kier alpha value is -0.520. The van der Waals surface area contributed by atoms with Crippen LogP contribution in [0.25, 0.3) is 0 Å². The van der Waals surface area contributed by atoms with Crippen LogP contribution >= 0.6 is 0 Å². The lowest BCUT2D eigenvalue weighted by molar-refractivity contribution is 0.0674. The minimum absolute atomic E-state index is 0.983. The molecule has 116 valence electrons. The third kappa shape index (κ3) is 1.20. The first-order chi connectivity index (χ1) is 10.9. The molecule has 0 radical (unpaired) electrons. The number of hydrogen-bond acceptors (Lipinski definition) is 0. The maximum Gasteiger partial charge on any atom is -0.0194 e. The van der Waals surface area contributed by atoms with E-state index in [1.807, 2.05) is 0 Å². The van der Waals surface area contributed by atoms with Gasteiger partial charge in [-0.25, -0.2) is 0 Å². The molecule has 0 nitrogen and oxygen atoms in total. The standard InChI is InChI=1S/C22H28/c1-3-13-7-11(1)17-10-18-12-2-4-14(8-12)20(18)22-16-6-5-15(9-16)21(22)19(13)17/h1-4,11-22H,5-10H2. The van der Waals surface area contributed by atoms with Crippen LogP contribution in [0.3, 0.4) is 0 Å². The van der Waals surface area contributed by atoms with Crippen molar-refractivity contribution in [2.45, 2.75) is 38.5 Å². The van der Waals surface area contributed by atoms with Crippen LogP contribution in [0.5, 0.6) is 0 Å². The molecule has 7 aliphatic carbocycles. The lowest BCUT2D eigenvalue weighted by Crippen LogP contribution is -2.38. The Morgan fingerprint density at radius 3 is 1.50 bits per heavy atom. The maximum absolute atomic E-state index is 2.66. The summed E-state index contributed by atoms with van der Waals surface area (Å²) in [5.41, 5.74) is 0. The summed E-state index contributed by atoms with van der Waals surface area (Å²) >= 11 is 0. The van der Waals surface area contributed by atoms with Gasteiger partial charge in [-0.1, -0.05) is 24.3 Å². The van der Waals surface area contributed by atoms with Gasteiger partial charge in [0.2, 0.25) is 0 Å². The molecule has 0 heteroatoms. The minimum Gasteiger partial charge on any atom is -0.0848 e. The second-order valence-electron chi connectivity index (χ2n) is 10.1. The zero-order valence-electron chi connectivity index (χ0n) is 13.5. The van der Waals surface area contributed by atoms with E-state index in [1.165, 1.54) is 12.8 Å². The van der Waals surface area contributed by atoms with Crippen LogP contribution in [-0.4, -0.2) is 0 Å². The van der Waals surface area contributed by atoms with Gasteiger partial charge in [0, 0.05) is 0 Å². The smallest absolute Gasteiger partial charge is 0.0194 e. The van der Waals surface area contributed by atoms with Crippen LogP contribution in [0.1, 0.15) is 38.5 Å². The van der Waals surface area contributed by atoms with E-state index in [1.54, 1.807) is 25.7 Å². The molecule has 0 aromatic rings. The maximum atomic E-state index is 2.66. The molecule has 5 saturated carbocycles. The quantitative estimate of drug-likeness (QED) is 0.555. The average molecular weight is 292 g/mol. The summed E-state index contributed by atoms with van der Waals surface area (Å²) in [5.74, 6) is 12.9. The van der Waals surface area contributed by atoms with Crippen molar-refractivity contribution in [2.75, 3.05) is 0 Å². The molecule has 0 aromatic carbocycles. The molecule has 0 aliphatic heterocycles. The molecule has 0 saturated heterocycles. The SMILES string of the molecule is C1=CC2CC1C1CC3C4C=CC(C4)C3C3C4CCC(C4)C3C21. The van der Waals surface area contributed by atoms with Crippen molar-refractivity contribution >= 4 is 0 Å². The van der Waals surface area contributed by atoms with Crippen LogP contribution in [0, 0.1) is 71.0 Å². The molecule has 0 N–H and O–H groups in total. The van der Waals surface area contributed by atoms with Gasteiger partial charge in [0.05, 0.1) is 0 Å². The Bertz CT molecular complexity index is 535. The van der Waals surface area contributed by atoms with Gasteiger partial charge in [-0.05, 0) is 110 Å². The zero-order chi connectivity index (χ0) is 14.0. The number of fused-ring (bicyclic) bond motifs is 17. The fourth-order valence-corrected chi connectivity index (χ4v) is 9.57. The van der Waals surface area contributed by atoms with Crippen LogP contribution in [0.4, 0.5) is 0 Å². The predicted octanol–water partition coefficient (Wildman–Crippen LogP) is 4.93. The number of hydrogen-bond donors (Lipinski definition) is 0. The highest BCUT2D eigenvalue weighted by atomic mass is 14.7. The van der Waals surface area contributed by atoms with Crippen molar-refractivity contribution in [3.8, 4) is 0 Å². The van der Waals surface area contributed by atoms with E-state index in [9.17, 15) is 0 Å². The van der Waals surface area contributed by atoms with Crippen molar-refractivity contribution < 1.29 is 0 Å². The minimum atomic E-state index is 0.983. The van der Waals surface area contributed by atoms with Crippen LogP contribution in [0.15, 0.2) is 24.3 Å². The van der Waals surface area contributed by atoms with E-state index in [4.69, 9.17) is 0 Å². The van der Waals surface area contributed by atoms with E-state index in [2.05, 4.69) is 24.3 Å². The van der Waals surface area contributed by atoms with E-state index in [0.29, 0.717) is 0 Å². The van der Waals surface area contributed by atoms with E-state index >= 15 is 0 Å². The van der Waals surface area contributed by atoms with Gasteiger partial charge in [0.25, 0.3) is 0 Å². The van der Waals surface area contributed by atoms with Gasteiger partial charge in [0.1, 0.15) is 0 Å². The highest BCUT2D eigenvalue weighted by molar-refractivity contribution is 5.23. The largest absolute Gasteiger partial charge is 0.0848 e. The summed E-state index contributed by atoms with van der Waals surface area (Å²) < 4.78 is 0. The first-order valence-electron chi connectivity index (χ1n) is 10.2. The summed E-state index contributed by atoms with van der Waals surface area (Å²) in [6.45, 7) is 0. The summed E-state index contributed by atoms with van der Waals surface area (Å²) in [5, 5.41) is 0. The highest BCUT2D eigenvalue weighted by Crippen LogP contribution is 2.71. The Labute approximate surface area is 134 Å². The molecule has 0 amide bonds. The monoisotopic (exact) mass is 292 g/mol. The summed E-state index contributed by atoms with van der Waals surface area (Å²) in [6.07, 6.45) is 20.1.